The third kappa shape index (κ3) is 11.7. The van der Waals surface area contributed by atoms with Gasteiger partial charge in [-0.15, -0.1) is 0 Å². The molecule has 1 aromatic carbocycles. The predicted octanol–water partition coefficient (Wildman–Crippen LogP) is 4.13. The number of primary amides is 1. The van der Waals surface area contributed by atoms with Crippen LogP contribution in [0.1, 0.15) is 97.2 Å². The molecule has 4 amide bonds. The van der Waals surface area contributed by atoms with Crippen LogP contribution in [-0.4, -0.2) is 52.9 Å². The van der Waals surface area contributed by atoms with Gasteiger partial charge in [-0.05, 0) is 59.4 Å². The third-order valence-corrected chi connectivity index (χ3v) is 5.77. The highest BCUT2D eigenvalue weighted by Gasteiger charge is 2.36. The Hall–Kier alpha value is -3.10. The molecule has 3 atom stereocenters. The number of rotatable bonds is 14. The van der Waals surface area contributed by atoms with Crippen molar-refractivity contribution in [1.29, 1.82) is 0 Å². The number of carbonyl (C=O) groups excluding carboxylic acids is 4. The molecule has 0 spiro atoms. The van der Waals surface area contributed by atoms with Gasteiger partial charge in [0.05, 0.1) is 0 Å². The van der Waals surface area contributed by atoms with E-state index in [-0.39, 0.29) is 24.8 Å². The average Bonchev–Trinajstić information content (AvgIpc) is 2.78. The Kier molecular flexibility index (Phi) is 13.1. The summed E-state index contributed by atoms with van der Waals surface area (Å²) in [4.78, 5) is 53.3. The van der Waals surface area contributed by atoms with Gasteiger partial charge in [0.1, 0.15) is 17.7 Å². The van der Waals surface area contributed by atoms with Gasteiger partial charge in [0, 0.05) is 19.0 Å². The Morgan fingerprint density at radius 1 is 1.00 bits per heavy atom. The summed E-state index contributed by atoms with van der Waals surface area (Å²) in [7, 11) is 0. The van der Waals surface area contributed by atoms with Crippen LogP contribution >= 0.6 is 0 Å². The van der Waals surface area contributed by atoms with Crippen molar-refractivity contribution in [3.63, 3.8) is 0 Å². The van der Waals surface area contributed by atoms with Crippen LogP contribution in [-0.2, 0) is 19.1 Å². The fourth-order valence-electron chi connectivity index (χ4n) is 3.94. The Morgan fingerprint density at radius 3 is 2.14 bits per heavy atom. The number of amides is 4. The summed E-state index contributed by atoms with van der Waals surface area (Å²) in [5, 5.41) is 5.66. The van der Waals surface area contributed by atoms with Gasteiger partial charge in [-0.3, -0.25) is 14.4 Å². The number of hydrogen-bond acceptors (Lipinski definition) is 5. The van der Waals surface area contributed by atoms with Crippen molar-refractivity contribution in [2.24, 2.45) is 5.73 Å². The highest BCUT2D eigenvalue weighted by molar-refractivity contribution is 5.92. The largest absolute Gasteiger partial charge is 0.444 e. The fraction of sp³-hybridized carbons (Fsp3) is 0.643. The molecule has 0 saturated heterocycles. The number of nitrogens with two attached hydrogens (primary N) is 1. The summed E-state index contributed by atoms with van der Waals surface area (Å²) in [5.41, 5.74) is 6.28. The van der Waals surface area contributed by atoms with Gasteiger partial charge >= 0.3 is 6.09 Å². The van der Waals surface area contributed by atoms with E-state index < -0.39 is 35.6 Å². The SMILES string of the molecule is CCCCN(C(=O)C(CCC(N)=O)NC(=O)OC(C)(C)C)C(C(=O)NC(C)CCC)c1ccc(C)cc1. The minimum Gasteiger partial charge on any atom is -0.444 e. The first-order chi connectivity index (χ1) is 17.3. The van der Waals surface area contributed by atoms with Crippen molar-refractivity contribution in [3.05, 3.63) is 35.4 Å². The molecule has 9 nitrogen and oxygen atoms in total. The van der Waals surface area contributed by atoms with E-state index in [1.807, 2.05) is 52.0 Å². The third-order valence-electron chi connectivity index (χ3n) is 5.77. The second kappa shape index (κ2) is 15.2. The van der Waals surface area contributed by atoms with Gasteiger partial charge in [0.25, 0.3) is 0 Å². The quantitative estimate of drug-likeness (QED) is 0.341. The number of nitrogens with one attached hydrogen (secondary N) is 2. The van der Waals surface area contributed by atoms with Gasteiger partial charge in [0.2, 0.25) is 17.7 Å². The second-order valence-electron chi connectivity index (χ2n) is 10.6. The maximum absolute atomic E-state index is 14.0. The molecule has 0 aliphatic heterocycles. The molecule has 0 fully saturated rings. The Labute approximate surface area is 221 Å². The summed E-state index contributed by atoms with van der Waals surface area (Å²) in [6, 6.07) is 5.42. The van der Waals surface area contributed by atoms with Crippen LogP contribution in [0.5, 0.6) is 0 Å². The molecule has 3 unspecified atom stereocenters. The maximum atomic E-state index is 14.0. The normalized spacial score (nSPS) is 13.7. The summed E-state index contributed by atoms with van der Waals surface area (Å²) >= 11 is 0. The lowest BCUT2D eigenvalue weighted by Crippen LogP contribution is -2.54. The van der Waals surface area contributed by atoms with Gasteiger partial charge in [-0.25, -0.2) is 4.79 Å². The lowest BCUT2D eigenvalue weighted by Gasteiger charge is -2.35. The van der Waals surface area contributed by atoms with Crippen LogP contribution in [0.4, 0.5) is 4.79 Å². The van der Waals surface area contributed by atoms with Crippen LogP contribution in [0.15, 0.2) is 24.3 Å². The smallest absolute Gasteiger partial charge is 0.408 e. The number of carbonyl (C=O) groups is 4. The van der Waals surface area contributed by atoms with Crippen molar-refractivity contribution in [3.8, 4) is 0 Å². The van der Waals surface area contributed by atoms with E-state index in [4.69, 9.17) is 10.5 Å². The molecule has 0 saturated carbocycles. The van der Waals surface area contributed by atoms with E-state index in [0.717, 1.165) is 24.8 Å². The van der Waals surface area contributed by atoms with Crippen LogP contribution in [0.25, 0.3) is 0 Å². The highest BCUT2D eigenvalue weighted by Crippen LogP contribution is 2.25. The Balaban J connectivity index is 3.46. The molecule has 1 rings (SSSR count). The van der Waals surface area contributed by atoms with Gasteiger partial charge in [-0.2, -0.15) is 0 Å². The first kappa shape index (κ1) is 31.9. The molecule has 0 aliphatic carbocycles. The van der Waals surface area contributed by atoms with Crippen LogP contribution in [0, 0.1) is 6.92 Å². The molecule has 0 heterocycles. The molecule has 37 heavy (non-hydrogen) atoms. The predicted molar refractivity (Wildman–Crippen MR) is 145 cm³/mol. The fourth-order valence-corrected chi connectivity index (χ4v) is 3.94. The molecule has 1 aromatic rings. The number of aryl methyl sites for hydroxylation is 1. The summed E-state index contributed by atoms with van der Waals surface area (Å²) in [5.74, 6) is -1.35. The molecule has 0 aliphatic rings. The van der Waals surface area contributed by atoms with Crippen molar-refractivity contribution in [1.82, 2.24) is 15.5 Å². The van der Waals surface area contributed by atoms with E-state index in [2.05, 4.69) is 10.6 Å². The van der Waals surface area contributed by atoms with Crippen molar-refractivity contribution < 1.29 is 23.9 Å². The Morgan fingerprint density at radius 2 is 1.62 bits per heavy atom. The van der Waals surface area contributed by atoms with E-state index >= 15 is 0 Å². The van der Waals surface area contributed by atoms with Crippen molar-refractivity contribution in [2.75, 3.05) is 6.54 Å². The number of ether oxygens (including phenoxy) is 1. The lowest BCUT2D eigenvalue weighted by molar-refractivity contribution is -0.143. The summed E-state index contributed by atoms with van der Waals surface area (Å²) in [6.07, 6.45) is 2.26. The van der Waals surface area contributed by atoms with E-state index in [9.17, 15) is 19.2 Å². The zero-order chi connectivity index (χ0) is 28.2. The zero-order valence-corrected chi connectivity index (χ0v) is 23.6. The number of hydrogen-bond donors (Lipinski definition) is 3. The first-order valence-electron chi connectivity index (χ1n) is 13.2. The van der Waals surface area contributed by atoms with Crippen LogP contribution < -0.4 is 16.4 Å². The standard InChI is InChI=1S/C28H46N4O5/c1-8-10-18-32(26(35)22(16-17-23(29)33)31-27(36)37-28(5,6)7)24(21-14-12-19(3)13-15-21)25(34)30-20(4)11-9-2/h12-15,20,22,24H,8-11,16-18H2,1-7H3,(H2,29,33)(H,30,34)(H,31,36). The van der Waals surface area contributed by atoms with Crippen LogP contribution in [0.2, 0.25) is 0 Å². The number of alkyl carbamates (subject to hydrolysis) is 1. The first-order valence-corrected chi connectivity index (χ1v) is 13.2. The molecular weight excluding hydrogens is 472 g/mol. The van der Waals surface area contributed by atoms with Crippen LogP contribution in [0.3, 0.4) is 0 Å². The number of nitrogens with zero attached hydrogens (tertiary/aromatic N) is 1. The van der Waals surface area contributed by atoms with Crippen molar-refractivity contribution >= 4 is 23.8 Å². The number of unbranched alkanes of at least 4 members (excludes halogenated alkanes) is 1. The Bertz CT molecular complexity index is 895. The average molecular weight is 519 g/mol. The molecule has 9 heteroatoms. The minimum atomic E-state index is -1.09. The molecular formula is C28H46N4O5. The van der Waals surface area contributed by atoms with E-state index in [1.54, 1.807) is 20.8 Å². The highest BCUT2D eigenvalue weighted by atomic mass is 16.6. The van der Waals surface area contributed by atoms with Crippen molar-refractivity contribution in [2.45, 2.75) is 111 Å². The topological polar surface area (TPSA) is 131 Å². The zero-order valence-electron chi connectivity index (χ0n) is 23.6. The van der Waals surface area contributed by atoms with Gasteiger partial charge in [-0.1, -0.05) is 56.5 Å². The molecule has 0 radical (unpaired) electrons. The van der Waals surface area contributed by atoms with E-state index in [0.29, 0.717) is 18.5 Å². The second-order valence-corrected chi connectivity index (χ2v) is 10.6. The van der Waals surface area contributed by atoms with Gasteiger partial charge < -0.3 is 26.0 Å². The molecule has 0 bridgehead atoms. The molecule has 4 N–H and O–H groups in total. The lowest BCUT2D eigenvalue weighted by atomic mass is 9.99. The number of benzene rings is 1. The monoisotopic (exact) mass is 518 g/mol. The van der Waals surface area contributed by atoms with E-state index in [1.165, 1.54) is 4.90 Å². The molecule has 208 valence electrons. The molecule has 0 aromatic heterocycles. The maximum Gasteiger partial charge on any atom is 0.408 e. The summed E-state index contributed by atoms with van der Waals surface area (Å²) in [6.45, 7) is 13.4. The summed E-state index contributed by atoms with van der Waals surface area (Å²) < 4.78 is 5.36. The van der Waals surface area contributed by atoms with Gasteiger partial charge in [0.15, 0.2) is 0 Å². The minimum absolute atomic E-state index is 0.00942.